The van der Waals surface area contributed by atoms with Gasteiger partial charge in [-0.1, -0.05) is 0 Å². The fourth-order valence-electron chi connectivity index (χ4n) is 3.45. The highest BCUT2D eigenvalue weighted by molar-refractivity contribution is 7.19. The number of β-amino-alcohol motifs (C(OH)–C–C–N with tert-alkyl or cyclic N) is 1. The Morgan fingerprint density at radius 2 is 2.29 bits per heavy atom. The average molecular weight is 304 g/mol. The maximum absolute atomic E-state index is 11.7. The van der Waals surface area contributed by atoms with Crippen molar-refractivity contribution in [2.75, 3.05) is 11.4 Å². The minimum absolute atomic E-state index is 0.368. The first-order chi connectivity index (χ1) is 10.1. The molecule has 1 fully saturated rings. The molecule has 1 aliphatic heterocycles. The number of aromatic nitrogens is 2. The minimum Gasteiger partial charge on any atom is -0.391 e. The van der Waals surface area contributed by atoms with Crippen LogP contribution in [0, 0.1) is 0 Å². The third kappa shape index (κ3) is 1.91. The van der Waals surface area contributed by atoms with Crippen LogP contribution in [-0.4, -0.2) is 39.7 Å². The zero-order valence-electron chi connectivity index (χ0n) is 11.5. The number of aryl methyl sites for hydroxylation is 2. The van der Waals surface area contributed by atoms with Crippen LogP contribution in [0.3, 0.4) is 0 Å². The van der Waals surface area contributed by atoms with Crippen LogP contribution < -0.4 is 10.6 Å². The van der Waals surface area contributed by atoms with Gasteiger partial charge in [-0.15, -0.1) is 11.3 Å². The molecule has 1 aliphatic carbocycles. The first-order valence-corrected chi connectivity index (χ1v) is 7.96. The molecular weight excluding hydrogens is 288 g/mol. The molecule has 7 heteroatoms. The zero-order valence-corrected chi connectivity index (χ0v) is 12.3. The monoisotopic (exact) mass is 304 g/mol. The van der Waals surface area contributed by atoms with Crippen LogP contribution >= 0.6 is 11.3 Å². The molecule has 3 N–H and O–H groups in total. The van der Waals surface area contributed by atoms with Crippen molar-refractivity contribution in [2.24, 2.45) is 5.73 Å². The lowest BCUT2D eigenvalue weighted by Gasteiger charge is -2.23. The fourth-order valence-corrected chi connectivity index (χ4v) is 4.67. The van der Waals surface area contributed by atoms with E-state index in [0.29, 0.717) is 13.0 Å². The van der Waals surface area contributed by atoms with Crippen LogP contribution in [0.2, 0.25) is 0 Å². The largest absolute Gasteiger partial charge is 0.391 e. The third-order valence-electron chi connectivity index (χ3n) is 4.36. The second kappa shape index (κ2) is 4.64. The molecule has 0 radical (unpaired) electrons. The molecule has 0 spiro atoms. The zero-order chi connectivity index (χ0) is 14.6. The molecule has 2 aliphatic rings. The van der Waals surface area contributed by atoms with Crippen LogP contribution in [0.4, 0.5) is 5.82 Å². The Hall–Kier alpha value is -1.73. The van der Waals surface area contributed by atoms with E-state index >= 15 is 0 Å². The molecule has 1 amide bonds. The lowest BCUT2D eigenvalue weighted by atomic mass is 10.1. The highest BCUT2D eigenvalue weighted by Crippen LogP contribution is 2.41. The van der Waals surface area contributed by atoms with Crippen LogP contribution in [0.15, 0.2) is 6.33 Å². The molecule has 0 saturated carbocycles. The number of thiophene rings is 1. The molecule has 4 rings (SSSR count). The summed E-state index contributed by atoms with van der Waals surface area (Å²) in [6, 6.07) is -0.491. The maximum Gasteiger partial charge on any atom is 0.240 e. The maximum atomic E-state index is 11.7. The molecule has 2 aromatic heterocycles. The van der Waals surface area contributed by atoms with Crippen LogP contribution in [-0.2, 0) is 17.6 Å². The number of aliphatic hydroxyl groups excluding tert-OH is 1. The second-order valence-electron chi connectivity index (χ2n) is 5.69. The van der Waals surface area contributed by atoms with Crippen molar-refractivity contribution in [3.63, 3.8) is 0 Å². The molecule has 0 bridgehead atoms. The quantitative estimate of drug-likeness (QED) is 0.848. The number of fused-ring (bicyclic) bond motifs is 3. The molecule has 1 saturated heterocycles. The smallest absolute Gasteiger partial charge is 0.240 e. The van der Waals surface area contributed by atoms with E-state index in [9.17, 15) is 9.90 Å². The molecule has 110 valence electrons. The molecule has 2 aromatic rings. The van der Waals surface area contributed by atoms with E-state index in [1.54, 1.807) is 11.3 Å². The molecule has 3 heterocycles. The number of primary amides is 1. The molecule has 2 atom stereocenters. The molecule has 0 aromatic carbocycles. The number of anilines is 1. The van der Waals surface area contributed by atoms with Gasteiger partial charge in [-0.25, -0.2) is 9.97 Å². The summed E-state index contributed by atoms with van der Waals surface area (Å²) in [6.07, 6.45) is 4.65. The Kier molecular flexibility index (Phi) is 2.87. The summed E-state index contributed by atoms with van der Waals surface area (Å²) >= 11 is 1.71. The van der Waals surface area contributed by atoms with Crippen molar-refractivity contribution < 1.29 is 9.90 Å². The van der Waals surface area contributed by atoms with E-state index in [2.05, 4.69) is 9.97 Å². The number of rotatable bonds is 2. The Bertz CT molecular complexity index is 729. The summed E-state index contributed by atoms with van der Waals surface area (Å²) in [6.45, 7) is 0.393. The van der Waals surface area contributed by atoms with Crippen molar-refractivity contribution in [1.29, 1.82) is 0 Å². The van der Waals surface area contributed by atoms with Gasteiger partial charge < -0.3 is 15.7 Å². The summed E-state index contributed by atoms with van der Waals surface area (Å²) in [4.78, 5) is 24.6. The number of carbonyl (C=O) groups excluding carboxylic acids is 1. The van der Waals surface area contributed by atoms with Gasteiger partial charge in [-0.05, 0) is 24.8 Å². The van der Waals surface area contributed by atoms with E-state index in [1.807, 2.05) is 4.90 Å². The number of carbonyl (C=O) groups is 1. The number of nitrogens with zero attached hydrogens (tertiary/aromatic N) is 3. The summed E-state index contributed by atoms with van der Waals surface area (Å²) in [7, 11) is 0. The highest BCUT2D eigenvalue weighted by atomic mass is 32.1. The average Bonchev–Trinajstić information content (AvgIpc) is 3.10. The van der Waals surface area contributed by atoms with Crippen LogP contribution in [0.25, 0.3) is 10.2 Å². The molecule has 6 nitrogen and oxygen atoms in total. The predicted octanol–water partition coefficient (Wildman–Crippen LogP) is 0.605. The number of hydrogen-bond donors (Lipinski definition) is 2. The predicted molar refractivity (Wildman–Crippen MR) is 80.4 cm³/mol. The standard InChI is InChI=1S/C14H16N4O2S/c15-12(20)9-4-7(19)5-18(9)13-11-8-2-1-3-10(8)21-14(11)17-6-16-13/h6-7,9,19H,1-5H2,(H2,15,20)/t7-,9-/m1/s1. The van der Waals surface area contributed by atoms with Crippen molar-refractivity contribution in [2.45, 2.75) is 37.8 Å². The first-order valence-electron chi connectivity index (χ1n) is 7.14. The van der Waals surface area contributed by atoms with E-state index in [4.69, 9.17) is 5.73 Å². The van der Waals surface area contributed by atoms with Crippen molar-refractivity contribution >= 4 is 33.3 Å². The van der Waals surface area contributed by atoms with Gasteiger partial charge in [0.2, 0.25) is 5.91 Å². The number of amides is 1. The molecular formula is C14H16N4O2S. The van der Waals surface area contributed by atoms with Gasteiger partial charge in [0.15, 0.2) is 0 Å². The normalized spacial score (nSPS) is 24.7. The van der Waals surface area contributed by atoms with E-state index < -0.39 is 18.1 Å². The van der Waals surface area contributed by atoms with Gasteiger partial charge in [0.25, 0.3) is 0 Å². The minimum atomic E-state index is -0.542. The van der Waals surface area contributed by atoms with Gasteiger partial charge in [0, 0.05) is 17.8 Å². The first kappa shape index (κ1) is 13.0. The SMILES string of the molecule is NC(=O)[C@H]1C[C@@H](O)CN1c1ncnc2sc3c(c12)CCC3. The van der Waals surface area contributed by atoms with Crippen molar-refractivity contribution in [3.8, 4) is 0 Å². The number of nitrogens with two attached hydrogens (primary N) is 1. The molecule has 21 heavy (non-hydrogen) atoms. The summed E-state index contributed by atoms with van der Waals surface area (Å²) in [5.41, 5.74) is 6.80. The second-order valence-corrected chi connectivity index (χ2v) is 6.78. The fraction of sp³-hybridized carbons (Fsp3) is 0.500. The van der Waals surface area contributed by atoms with Gasteiger partial charge in [0.05, 0.1) is 11.5 Å². The molecule has 0 unspecified atom stereocenters. The van der Waals surface area contributed by atoms with Crippen molar-refractivity contribution in [1.82, 2.24) is 9.97 Å². The topological polar surface area (TPSA) is 92.3 Å². The lowest BCUT2D eigenvalue weighted by Crippen LogP contribution is -2.40. The number of aliphatic hydroxyl groups is 1. The van der Waals surface area contributed by atoms with E-state index in [1.165, 1.54) is 16.8 Å². The summed E-state index contributed by atoms with van der Waals surface area (Å²) in [5, 5.41) is 11.0. The lowest BCUT2D eigenvalue weighted by molar-refractivity contribution is -0.119. The van der Waals surface area contributed by atoms with Gasteiger partial charge >= 0.3 is 0 Å². The highest BCUT2D eigenvalue weighted by Gasteiger charge is 2.37. The van der Waals surface area contributed by atoms with E-state index in [0.717, 1.165) is 35.3 Å². The Labute approximate surface area is 125 Å². The van der Waals surface area contributed by atoms with Crippen molar-refractivity contribution in [3.05, 3.63) is 16.8 Å². The Morgan fingerprint density at radius 1 is 1.43 bits per heavy atom. The summed E-state index contributed by atoms with van der Waals surface area (Å²) < 4.78 is 0. The number of hydrogen-bond acceptors (Lipinski definition) is 6. The Morgan fingerprint density at radius 3 is 3.10 bits per heavy atom. The van der Waals surface area contributed by atoms with Crippen LogP contribution in [0.5, 0.6) is 0 Å². The van der Waals surface area contributed by atoms with Gasteiger partial charge in [-0.3, -0.25) is 4.79 Å². The van der Waals surface area contributed by atoms with E-state index in [-0.39, 0.29) is 0 Å². The van der Waals surface area contributed by atoms with Crippen LogP contribution in [0.1, 0.15) is 23.3 Å². The summed E-state index contributed by atoms with van der Waals surface area (Å²) in [5.74, 6) is 0.338. The van der Waals surface area contributed by atoms with Gasteiger partial charge in [-0.2, -0.15) is 0 Å². The third-order valence-corrected chi connectivity index (χ3v) is 5.56. The van der Waals surface area contributed by atoms with Gasteiger partial charge in [0.1, 0.15) is 23.0 Å². The Balaban J connectivity index is 1.88.